The Balaban J connectivity index is 0.000000406. The third kappa shape index (κ3) is 14.5. The number of hydrogen-bond donors (Lipinski definition) is 1. The van der Waals surface area contributed by atoms with E-state index < -0.39 is 29.1 Å². The average Bonchev–Trinajstić information content (AvgIpc) is 3.71. The van der Waals surface area contributed by atoms with E-state index >= 15 is 0 Å². The molecule has 280 valence electrons. The van der Waals surface area contributed by atoms with E-state index in [0.717, 1.165) is 10.7 Å². The van der Waals surface area contributed by atoms with Gasteiger partial charge in [-0.25, -0.2) is 14.6 Å². The number of amides is 2. The summed E-state index contributed by atoms with van der Waals surface area (Å²) < 4.78 is 20.7. The molecule has 2 N–H and O–H groups in total. The molecule has 1 aromatic heterocycles. The molecule has 2 amide bonds. The van der Waals surface area contributed by atoms with Crippen LogP contribution in [0.4, 0.5) is 0 Å². The molecule has 0 radical (unpaired) electrons. The molecule has 0 bridgehead atoms. The van der Waals surface area contributed by atoms with Crippen LogP contribution in [0, 0.1) is 12.8 Å². The van der Waals surface area contributed by atoms with Crippen LogP contribution in [0.25, 0.3) is 0 Å². The Morgan fingerprint density at radius 2 is 1.39 bits per heavy atom. The Labute approximate surface area is 310 Å². The first-order chi connectivity index (χ1) is 22.5. The number of halogens is 1. The molecular formula is C34H57BrN4O8S2. The van der Waals surface area contributed by atoms with Gasteiger partial charge in [-0.2, -0.15) is 0 Å². The lowest BCUT2D eigenvalue weighted by atomic mass is 10.1. The van der Waals surface area contributed by atoms with Crippen LogP contribution in [0.15, 0.2) is 5.38 Å². The van der Waals surface area contributed by atoms with Gasteiger partial charge < -0.3 is 34.5 Å². The largest absolute Gasteiger partial charge is 0.458 e. The predicted octanol–water partition coefficient (Wildman–Crippen LogP) is 5.52. The highest BCUT2D eigenvalue weighted by Crippen LogP contribution is 2.32. The normalized spacial score (nSPS) is 19.4. The number of aryl methyl sites for hydroxylation is 1. The van der Waals surface area contributed by atoms with Gasteiger partial charge in [0.1, 0.15) is 23.3 Å². The number of methoxy groups -OCH3 is 2. The van der Waals surface area contributed by atoms with Crippen molar-refractivity contribution >= 4 is 68.2 Å². The molecule has 2 aliphatic rings. The van der Waals surface area contributed by atoms with Gasteiger partial charge in [-0.05, 0) is 68.2 Å². The highest BCUT2D eigenvalue weighted by molar-refractivity contribution is 9.09. The Bertz CT molecular complexity index is 1270. The number of aromatic nitrogens is 1. The third-order valence-corrected chi connectivity index (χ3v) is 10.2. The van der Waals surface area contributed by atoms with Gasteiger partial charge in [0, 0.05) is 63.1 Å². The SMILES string of the molecule is CCC(C(=O)OC(C)(C)C)N1CC(C(N)=S)CC1=O.CCC(C(=O)OC(C)(C)C)N1CC(c2nc(C)cs2)CC1=O.COC(C)(CBr)OC. The molecular weight excluding hydrogens is 736 g/mol. The standard InChI is InChI=1S/C16H24N2O3S.C13H22N2O3S.C5H11BrO2/c1-6-12(15(20)21-16(3,4)5)18-8-11(7-13(18)19)14-17-10(2)9-22-14;1-5-9(12(17)18-13(2,3)4)15-7-8(11(14)19)6-10(15)16;1-5(4-6,7-2)8-3/h9,11-12H,6-8H2,1-5H3;8-9H,5-7H2,1-4H3,(H2,14,19);4H2,1-3H3. The fourth-order valence-electron chi connectivity index (χ4n) is 4.94. The van der Waals surface area contributed by atoms with Gasteiger partial charge in [0.25, 0.3) is 0 Å². The summed E-state index contributed by atoms with van der Waals surface area (Å²) in [5.74, 6) is -1.28. The first kappa shape index (κ1) is 44.8. The minimum Gasteiger partial charge on any atom is -0.458 e. The van der Waals surface area contributed by atoms with Crippen LogP contribution in [-0.4, -0.2) is 105 Å². The summed E-state index contributed by atoms with van der Waals surface area (Å²) in [4.78, 5) is 56.8. The maximum Gasteiger partial charge on any atom is 0.329 e. The molecule has 1 aromatic rings. The third-order valence-electron chi connectivity index (χ3n) is 7.70. The summed E-state index contributed by atoms with van der Waals surface area (Å²) in [5.41, 5.74) is 5.45. The van der Waals surface area contributed by atoms with Crippen LogP contribution >= 0.6 is 39.5 Å². The number of hydrogen-bond acceptors (Lipinski definition) is 11. The van der Waals surface area contributed by atoms with Gasteiger partial charge in [0.15, 0.2) is 5.79 Å². The number of nitrogens with zero attached hydrogens (tertiary/aromatic N) is 3. The second-order valence-electron chi connectivity index (χ2n) is 14.2. The minimum atomic E-state index is -0.560. The van der Waals surface area contributed by atoms with Crippen LogP contribution in [0.5, 0.6) is 0 Å². The molecule has 49 heavy (non-hydrogen) atoms. The quantitative estimate of drug-likeness (QED) is 0.131. The van der Waals surface area contributed by atoms with Crippen LogP contribution in [0.3, 0.4) is 0 Å². The van der Waals surface area contributed by atoms with E-state index in [-0.39, 0.29) is 42.0 Å². The minimum absolute atomic E-state index is 0.00978. The van der Waals surface area contributed by atoms with E-state index in [1.165, 1.54) is 4.90 Å². The fourth-order valence-corrected chi connectivity index (χ4v) is 6.45. The molecule has 15 heteroatoms. The topological polar surface area (TPSA) is 151 Å². The summed E-state index contributed by atoms with van der Waals surface area (Å²) >= 11 is 9.74. The van der Waals surface area contributed by atoms with Crippen LogP contribution in [0.2, 0.25) is 0 Å². The van der Waals surface area contributed by atoms with Crippen molar-refractivity contribution in [2.45, 2.75) is 130 Å². The van der Waals surface area contributed by atoms with Crippen molar-refractivity contribution in [3.05, 3.63) is 16.1 Å². The second-order valence-corrected chi connectivity index (χ2v) is 16.1. The van der Waals surface area contributed by atoms with E-state index in [4.69, 9.17) is 36.9 Å². The van der Waals surface area contributed by atoms with Crippen LogP contribution < -0.4 is 5.73 Å². The van der Waals surface area contributed by atoms with Crippen molar-refractivity contribution in [1.82, 2.24) is 14.8 Å². The molecule has 2 aliphatic heterocycles. The Hall–Kier alpha value is -2.20. The first-order valence-corrected chi connectivity index (χ1v) is 18.9. The number of ether oxygens (including phenoxy) is 4. The summed E-state index contributed by atoms with van der Waals surface area (Å²) in [5, 5.41) is 3.66. The van der Waals surface area contributed by atoms with E-state index in [1.807, 2.05) is 53.8 Å². The van der Waals surface area contributed by atoms with Crippen LogP contribution in [0.1, 0.15) is 105 Å². The Morgan fingerprint density at radius 3 is 1.69 bits per heavy atom. The number of likely N-dealkylation sites (tertiary alicyclic amines) is 2. The number of thiocarbonyl (C=S) groups is 1. The lowest BCUT2D eigenvalue weighted by Gasteiger charge is -2.29. The van der Waals surface area contributed by atoms with Gasteiger partial charge in [-0.15, -0.1) is 11.3 Å². The van der Waals surface area contributed by atoms with Crippen molar-refractivity contribution in [3.63, 3.8) is 0 Å². The number of thiazole rings is 1. The molecule has 12 nitrogen and oxygen atoms in total. The molecule has 2 saturated heterocycles. The van der Waals surface area contributed by atoms with E-state index in [0.29, 0.717) is 42.7 Å². The van der Waals surface area contributed by atoms with E-state index in [1.54, 1.807) is 51.2 Å². The summed E-state index contributed by atoms with van der Waals surface area (Å²) in [6, 6.07) is -1.05. The maximum atomic E-state index is 12.3. The molecule has 0 saturated carbocycles. The molecule has 2 fully saturated rings. The number of alkyl halides is 1. The summed E-state index contributed by atoms with van der Waals surface area (Å²) in [6.07, 6.45) is 1.79. The zero-order valence-corrected chi connectivity index (χ0v) is 34.4. The summed E-state index contributed by atoms with van der Waals surface area (Å²) in [6.45, 7) is 19.5. The molecule has 0 aromatic carbocycles. The predicted molar refractivity (Wildman–Crippen MR) is 199 cm³/mol. The lowest BCUT2D eigenvalue weighted by molar-refractivity contribution is -0.174. The number of carbonyl (C=O) groups excluding carboxylic acids is 4. The highest BCUT2D eigenvalue weighted by Gasteiger charge is 2.41. The van der Waals surface area contributed by atoms with Gasteiger partial charge in [-0.1, -0.05) is 42.0 Å². The highest BCUT2D eigenvalue weighted by atomic mass is 79.9. The van der Waals surface area contributed by atoms with Gasteiger partial charge >= 0.3 is 11.9 Å². The van der Waals surface area contributed by atoms with Gasteiger partial charge in [-0.3, -0.25) is 9.59 Å². The zero-order valence-electron chi connectivity index (χ0n) is 31.2. The smallest absolute Gasteiger partial charge is 0.329 e. The van der Waals surface area contributed by atoms with Crippen molar-refractivity contribution in [1.29, 1.82) is 0 Å². The molecule has 4 unspecified atom stereocenters. The fraction of sp³-hybridized carbons (Fsp3) is 0.765. The average molecular weight is 794 g/mol. The van der Waals surface area contributed by atoms with E-state index in [9.17, 15) is 19.2 Å². The summed E-state index contributed by atoms with van der Waals surface area (Å²) in [7, 11) is 3.23. The van der Waals surface area contributed by atoms with Crippen molar-refractivity contribution in [2.24, 2.45) is 11.7 Å². The number of carbonyl (C=O) groups is 4. The molecule has 0 spiro atoms. The first-order valence-electron chi connectivity index (χ1n) is 16.5. The molecule has 0 aliphatic carbocycles. The molecule has 4 atom stereocenters. The van der Waals surface area contributed by atoms with Crippen molar-refractivity contribution in [2.75, 3.05) is 32.6 Å². The molecule has 3 heterocycles. The number of rotatable bonds is 11. The lowest BCUT2D eigenvalue weighted by Crippen LogP contribution is -2.45. The maximum absolute atomic E-state index is 12.3. The van der Waals surface area contributed by atoms with E-state index in [2.05, 4.69) is 20.9 Å². The van der Waals surface area contributed by atoms with Crippen LogP contribution in [-0.2, 0) is 38.1 Å². The Kier molecular flexibility index (Phi) is 17.8. The number of nitrogens with two attached hydrogens (primary N) is 1. The van der Waals surface area contributed by atoms with Crippen molar-refractivity contribution < 1.29 is 38.1 Å². The second kappa shape index (κ2) is 19.4. The monoisotopic (exact) mass is 792 g/mol. The number of esters is 2. The van der Waals surface area contributed by atoms with Gasteiger partial charge in [0.05, 0.1) is 15.3 Å². The van der Waals surface area contributed by atoms with Crippen molar-refractivity contribution in [3.8, 4) is 0 Å². The van der Waals surface area contributed by atoms with Gasteiger partial charge in [0.2, 0.25) is 11.8 Å². The zero-order chi connectivity index (χ0) is 37.9. The molecule has 3 rings (SSSR count). The Morgan fingerprint density at radius 1 is 0.939 bits per heavy atom.